The maximum absolute atomic E-state index is 6.54. The number of benzene rings is 2. The van der Waals surface area contributed by atoms with Crippen LogP contribution in [0.25, 0.3) is 0 Å². The molecule has 0 aliphatic heterocycles. The maximum atomic E-state index is 6.54. The molecule has 0 amide bonds. The smallest absolute Gasteiger partial charge is 0.0599 e. The standard InChI is InChI=1S/C19H20N2/c20-12-10-18(21)19-11-9-13(14-5-1-3-7-16(14)19)15-6-2-4-8-17(15)19/h1-8,10,13H,9,11-12,20-21H2/b18-10+. The lowest BCUT2D eigenvalue weighted by Crippen LogP contribution is -2.44. The van der Waals surface area contributed by atoms with E-state index >= 15 is 0 Å². The fourth-order valence-electron chi connectivity index (χ4n) is 4.39. The zero-order valence-corrected chi connectivity index (χ0v) is 12.0. The predicted octanol–water partition coefficient (Wildman–Crippen LogP) is 3.01. The Kier molecular flexibility index (Phi) is 2.69. The third-order valence-corrected chi connectivity index (χ3v) is 5.23. The van der Waals surface area contributed by atoms with Crippen molar-refractivity contribution in [1.29, 1.82) is 0 Å². The Morgan fingerprint density at radius 3 is 2.19 bits per heavy atom. The minimum Gasteiger partial charge on any atom is -0.401 e. The van der Waals surface area contributed by atoms with Crippen molar-refractivity contribution >= 4 is 0 Å². The molecule has 2 aromatic carbocycles. The van der Waals surface area contributed by atoms with Gasteiger partial charge in [0.1, 0.15) is 0 Å². The van der Waals surface area contributed by atoms with Crippen molar-refractivity contribution in [3.63, 3.8) is 0 Å². The fourth-order valence-corrected chi connectivity index (χ4v) is 4.39. The molecule has 0 heterocycles. The number of fused-ring (bicyclic) bond motifs is 1. The molecule has 106 valence electrons. The van der Waals surface area contributed by atoms with Crippen LogP contribution in [0.4, 0.5) is 0 Å². The van der Waals surface area contributed by atoms with Crippen molar-refractivity contribution in [1.82, 2.24) is 0 Å². The average Bonchev–Trinajstić information content (AvgIpc) is 2.55. The topological polar surface area (TPSA) is 52.0 Å². The van der Waals surface area contributed by atoms with Gasteiger partial charge in [-0.3, -0.25) is 0 Å². The minimum atomic E-state index is -0.179. The van der Waals surface area contributed by atoms with Crippen LogP contribution in [-0.2, 0) is 5.41 Å². The fraction of sp³-hybridized carbons (Fsp3) is 0.263. The van der Waals surface area contributed by atoms with Crippen LogP contribution in [0.15, 0.2) is 60.3 Å². The van der Waals surface area contributed by atoms with Crippen LogP contribution in [0.1, 0.15) is 41.0 Å². The summed E-state index contributed by atoms with van der Waals surface area (Å²) in [5.74, 6) is 0.518. The van der Waals surface area contributed by atoms with Crippen molar-refractivity contribution in [2.75, 3.05) is 6.54 Å². The van der Waals surface area contributed by atoms with Crippen LogP contribution in [-0.4, -0.2) is 6.54 Å². The van der Waals surface area contributed by atoms with E-state index in [2.05, 4.69) is 48.5 Å². The highest BCUT2D eigenvalue weighted by molar-refractivity contribution is 5.63. The third-order valence-electron chi connectivity index (χ3n) is 5.23. The molecular weight excluding hydrogens is 256 g/mol. The highest BCUT2D eigenvalue weighted by Gasteiger charge is 2.49. The minimum absolute atomic E-state index is 0.179. The van der Waals surface area contributed by atoms with Gasteiger partial charge >= 0.3 is 0 Å². The highest BCUT2D eigenvalue weighted by Crippen LogP contribution is 2.58. The molecule has 21 heavy (non-hydrogen) atoms. The second-order valence-corrected chi connectivity index (χ2v) is 6.07. The summed E-state index contributed by atoms with van der Waals surface area (Å²) >= 11 is 0. The molecule has 2 heteroatoms. The van der Waals surface area contributed by atoms with E-state index in [1.165, 1.54) is 22.3 Å². The van der Waals surface area contributed by atoms with E-state index in [1.54, 1.807) is 0 Å². The second-order valence-electron chi connectivity index (χ2n) is 6.07. The Hall–Kier alpha value is -2.06. The summed E-state index contributed by atoms with van der Waals surface area (Å²) in [5.41, 5.74) is 18.6. The largest absolute Gasteiger partial charge is 0.401 e. The van der Waals surface area contributed by atoms with Crippen LogP contribution in [0.2, 0.25) is 0 Å². The van der Waals surface area contributed by atoms with Crippen LogP contribution in [0.3, 0.4) is 0 Å². The van der Waals surface area contributed by atoms with E-state index in [9.17, 15) is 0 Å². The molecule has 0 radical (unpaired) electrons. The van der Waals surface area contributed by atoms with Gasteiger partial charge in [-0.2, -0.15) is 0 Å². The summed E-state index contributed by atoms with van der Waals surface area (Å²) in [6.07, 6.45) is 4.22. The summed E-state index contributed by atoms with van der Waals surface area (Å²) in [4.78, 5) is 0. The van der Waals surface area contributed by atoms with E-state index in [0.29, 0.717) is 12.5 Å². The number of rotatable bonds is 2. The predicted molar refractivity (Wildman–Crippen MR) is 86.1 cm³/mol. The van der Waals surface area contributed by atoms with Gasteiger partial charge in [0.25, 0.3) is 0 Å². The third kappa shape index (κ3) is 1.51. The summed E-state index contributed by atoms with van der Waals surface area (Å²) in [6.45, 7) is 0.487. The number of nitrogens with two attached hydrogens (primary N) is 2. The maximum Gasteiger partial charge on any atom is 0.0599 e. The van der Waals surface area contributed by atoms with Crippen LogP contribution >= 0.6 is 0 Å². The second kappa shape index (κ2) is 4.47. The lowest BCUT2D eigenvalue weighted by atomic mass is 9.54. The van der Waals surface area contributed by atoms with Gasteiger partial charge in [-0.25, -0.2) is 0 Å². The van der Waals surface area contributed by atoms with E-state index in [4.69, 9.17) is 11.5 Å². The lowest BCUT2D eigenvalue weighted by molar-refractivity contribution is 0.417. The molecular formula is C19H20N2. The number of hydrogen-bond acceptors (Lipinski definition) is 2. The number of allylic oxidation sites excluding steroid dienone is 1. The van der Waals surface area contributed by atoms with Crippen molar-refractivity contribution in [3.8, 4) is 0 Å². The molecule has 2 bridgehead atoms. The molecule has 0 atom stereocenters. The van der Waals surface area contributed by atoms with E-state index in [1.807, 2.05) is 6.08 Å². The molecule has 3 aliphatic carbocycles. The summed E-state index contributed by atoms with van der Waals surface area (Å²) in [5, 5.41) is 0. The molecule has 0 fully saturated rings. The zero-order chi connectivity index (χ0) is 14.4. The molecule has 0 saturated carbocycles. The van der Waals surface area contributed by atoms with E-state index in [-0.39, 0.29) is 5.41 Å². The Morgan fingerprint density at radius 1 is 1.05 bits per heavy atom. The first-order valence-electron chi connectivity index (χ1n) is 7.64. The SMILES string of the molecule is NC/C=C(/N)C12CCC(c3ccccc31)c1ccccc12. The average molecular weight is 276 g/mol. The van der Waals surface area contributed by atoms with Crippen molar-refractivity contribution in [2.24, 2.45) is 11.5 Å². The van der Waals surface area contributed by atoms with Crippen molar-refractivity contribution in [2.45, 2.75) is 24.2 Å². The van der Waals surface area contributed by atoms with Gasteiger partial charge < -0.3 is 11.5 Å². The molecule has 0 saturated heterocycles. The Balaban J connectivity index is 2.08. The molecule has 5 rings (SSSR count). The molecule has 0 aromatic heterocycles. The molecule has 4 N–H and O–H groups in total. The molecule has 3 aliphatic rings. The van der Waals surface area contributed by atoms with Crippen LogP contribution in [0, 0.1) is 0 Å². The normalized spacial score (nSPS) is 26.3. The first kappa shape index (κ1) is 12.7. The molecule has 0 unspecified atom stereocenters. The first-order chi connectivity index (χ1) is 10.3. The summed E-state index contributed by atoms with van der Waals surface area (Å²) in [7, 11) is 0. The Labute approximate surface area is 125 Å². The van der Waals surface area contributed by atoms with Gasteiger partial charge in [-0.1, -0.05) is 54.6 Å². The van der Waals surface area contributed by atoms with Gasteiger partial charge in [0.15, 0.2) is 0 Å². The number of hydrogen-bond donors (Lipinski definition) is 2. The van der Waals surface area contributed by atoms with Gasteiger partial charge in [-0.15, -0.1) is 0 Å². The van der Waals surface area contributed by atoms with Crippen LogP contribution < -0.4 is 11.5 Å². The van der Waals surface area contributed by atoms with E-state index in [0.717, 1.165) is 18.5 Å². The Morgan fingerprint density at radius 2 is 1.62 bits per heavy atom. The lowest BCUT2D eigenvalue weighted by Gasteiger charge is -2.49. The summed E-state index contributed by atoms with van der Waals surface area (Å²) < 4.78 is 0. The van der Waals surface area contributed by atoms with Crippen molar-refractivity contribution < 1.29 is 0 Å². The molecule has 0 spiro atoms. The molecule has 2 aromatic rings. The summed E-state index contributed by atoms with van der Waals surface area (Å²) in [6, 6.07) is 17.5. The molecule has 2 nitrogen and oxygen atoms in total. The monoisotopic (exact) mass is 276 g/mol. The van der Waals surface area contributed by atoms with Crippen LogP contribution in [0.5, 0.6) is 0 Å². The van der Waals surface area contributed by atoms with Crippen molar-refractivity contribution in [3.05, 3.63) is 82.6 Å². The first-order valence-corrected chi connectivity index (χ1v) is 7.64. The zero-order valence-electron chi connectivity index (χ0n) is 12.0. The van der Waals surface area contributed by atoms with Gasteiger partial charge in [0.05, 0.1) is 5.41 Å². The van der Waals surface area contributed by atoms with Gasteiger partial charge in [0, 0.05) is 18.2 Å². The Bertz CT molecular complexity index is 682. The van der Waals surface area contributed by atoms with E-state index < -0.39 is 0 Å². The van der Waals surface area contributed by atoms with Gasteiger partial charge in [0.2, 0.25) is 0 Å². The quantitative estimate of drug-likeness (QED) is 0.886. The van der Waals surface area contributed by atoms with Gasteiger partial charge in [-0.05, 0) is 35.1 Å². The highest BCUT2D eigenvalue weighted by atomic mass is 14.7.